The van der Waals surface area contributed by atoms with Gasteiger partial charge in [0.1, 0.15) is 5.54 Å². The minimum absolute atomic E-state index is 0.00378. The monoisotopic (exact) mass is 344 g/mol. The molecule has 1 saturated heterocycles. The van der Waals surface area contributed by atoms with E-state index in [0.29, 0.717) is 12.8 Å². The van der Waals surface area contributed by atoms with Gasteiger partial charge in [-0.05, 0) is 30.5 Å². The SMILES string of the molecule is CCC1(CC)NC(=O)N(CC(O)c2cccc(C(F)(F)F)c2)C1=O. The Bertz CT molecular complexity index is 642. The molecule has 0 aromatic heterocycles. The molecule has 1 aromatic rings. The van der Waals surface area contributed by atoms with E-state index >= 15 is 0 Å². The Hall–Kier alpha value is -2.09. The van der Waals surface area contributed by atoms with E-state index in [1.165, 1.54) is 12.1 Å². The highest BCUT2D eigenvalue weighted by Crippen LogP contribution is 2.32. The topological polar surface area (TPSA) is 69.6 Å². The fourth-order valence-electron chi connectivity index (χ4n) is 2.77. The molecule has 8 heteroatoms. The van der Waals surface area contributed by atoms with E-state index in [2.05, 4.69) is 5.32 Å². The van der Waals surface area contributed by atoms with Crippen molar-refractivity contribution in [2.75, 3.05) is 6.54 Å². The molecule has 3 amide bonds. The third-order valence-corrected chi connectivity index (χ3v) is 4.41. The molecule has 1 aliphatic rings. The standard InChI is InChI=1S/C16H19F3N2O3/c1-3-15(4-2)13(23)21(14(24)20-15)9-12(22)10-6-5-7-11(8-10)16(17,18)19/h5-8,12,22H,3-4,9H2,1-2H3,(H,20,24). The number of nitrogens with one attached hydrogen (secondary N) is 1. The fraction of sp³-hybridized carbons (Fsp3) is 0.500. The maximum Gasteiger partial charge on any atom is 0.416 e. The molecule has 1 unspecified atom stereocenters. The molecule has 1 aliphatic heterocycles. The number of urea groups is 1. The van der Waals surface area contributed by atoms with Gasteiger partial charge < -0.3 is 10.4 Å². The number of benzene rings is 1. The van der Waals surface area contributed by atoms with Crippen LogP contribution in [0.25, 0.3) is 0 Å². The van der Waals surface area contributed by atoms with Crippen LogP contribution in [0.1, 0.15) is 43.9 Å². The molecule has 0 bridgehead atoms. The Labute approximate surface area is 137 Å². The summed E-state index contributed by atoms with van der Waals surface area (Å²) in [5.74, 6) is -0.469. The summed E-state index contributed by atoms with van der Waals surface area (Å²) in [6.07, 6.45) is -5.14. The van der Waals surface area contributed by atoms with Crippen LogP contribution < -0.4 is 5.32 Å². The van der Waals surface area contributed by atoms with Crippen LogP contribution >= 0.6 is 0 Å². The summed E-state index contributed by atoms with van der Waals surface area (Å²) in [6, 6.07) is 3.56. The van der Waals surface area contributed by atoms with Crippen molar-refractivity contribution in [1.82, 2.24) is 10.2 Å². The van der Waals surface area contributed by atoms with Gasteiger partial charge in [0.05, 0.1) is 18.2 Å². The highest BCUT2D eigenvalue weighted by molar-refractivity contribution is 6.07. The molecule has 24 heavy (non-hydrogen) atoms. The summed E-state index contributed by atoms with van der Waals surface area (Å²) in [5, 5.41) is 12.8. The number of halogens is 3. The van der Waals surface area contributed by atoms with E-state index in [1.54, 1.807) is 13.8 Å². The number of rotatable bonds is 5. The molecule has 0 spiro atoms. The number of hydrogen-bond donors (Lipinski definition) is 2. The number of carbonyl (C=O) groups is 2. The highest BCUT2D eigenvalue weighted by atomic mass is 19.4. The fourth-order valence-corrected chi connectivity index (χ4v) is 2.77. The quantitative estimate of drug-likeness (QED) is 0.807. The Morgan fingerprint density at radius 2 is 1.88 bits per heavy atom. The number of alkyl halides is 3. The first-order valence-corrected chi connectivity index (χ1v) is 7.64. The number of amides is 3. The van der Waals surface area contributed by atoms with Gasteiger partial charge in [-0.2, -0.15) is 13.2 Å². The molecule has 1 heterocycles. The van der Waals surface area contributed by atoms with Crippen LogP contribution in [-0.2, 0) is 11.0 Å². The number of imide groups is 1. The molecule has 5 nitrogen and oxygen atoms in total. The summed E-state index contributed by atoms with van der Waals surface area (Å²) < 4.78 is 38.2. The first-order valence-electron chi connectivity index (χ1n) is 7.64. The van der Waals surface area contributed by atoms with Crippen LogP contribution in [0, 0.1) is 0 Å². The number of aliphatic hydroxyl groups excluding tert-OH is 1. The summed E-state index contributed by atoms with van der Waals surface area (Å²) >= 11 is 0. The number of carbonyl (C=O) groups excluding carboxylic acids is 2. The Morgan fingerprint density at radius 3 is 2.38 bits per heavy atom. The van der Waals surface area contributed by atoms with Crippen molar-refractivity contribution in [3.05, 3.63) is 35.4 Å². The second-order valence-electron chi connectivity index (χ2n) is 5.77. The second kappa shape index (κ2) is 6.43. The maximum absolute atomic E-state index is 12.7. The number of aliphatic hydroxyl groups is 1. The van der Waals surface area contributed by atoms with Crippen LogP contribution in [0.2, 0.25) is 0 Å². The normalized spacial score (nSPS) is 18.7. The molecule has 0 saturated carbocycles. The summed E-state index contributed by atoms with van der Waals surface area (Å²) in [5.41, 5.74) is -1.91. The van der Waals surface area contributed by atoms with E-state index in [4.69, 9.17) is 0 Å². The molecular weight excluding hydrogens is 325 g/mol. The van der Waals surface area contributed by atoms with Gasteiger partial charge in [0.25, 0.3) is 5.91 Å². The Morgan fingerprint density at radius 1 is 1.25 bits per heavy atom. The lowest BCUT2D eigenvalue weighted by molar-refractivity contribution is -0.138. The average molecular weight is 344 g/mol. The minimum atomic E-state index is -4.53. The van der Waals surface area contributed by atoms with E-state index < -0.39 is 41.9 Å². The molecule has 0 aliphatic carbocycles. The zero-order valence-corrected chi connectivity index (χ0v) is 13.4. The lowest BCUT2D eigenvalue weighted by Crippen LogP contribution is -2.46. The molecule has 2 N–H and O–H groups in total. The predicted molar refractivity (Wildman–Crippen MR) is 80.0 cm³/mol. The predicted octanol–water partition coefficient (Wildman–Crippen LogP) is 2.85. The molecule has 1 aromatic carbocycles. The van der Waals surface area contributed by atoms with E-state index in [1.807, 2.05) is 0 Å². The smallest absolute Gasteiger partial charge is 0.387 e. The average Bonchev–Trinajstić information content (AvgIpc) is 2.78. The molecule has 1 atom stereocenters. The van der Waals surface area contributed by atoms with Crippen molar-refractivity contribution in [2.45, 2.75) is 44.5 Å². The maximum atomic E-state index is 12.7. The first kappa shape index (κ1) is 18.3. The van der Waals surface area contributed by atoms with Gasteiger partial charge in [0, 0.05) is 0 Å². The van der Waals surface area contributed by atoms with E-state index in [0.717, 1.165) is 17.0 Å². The van der Waals surface area contributed by atoms with Crippen molar-refractivity contribution >= 4 is 11.9 Å². The van der Waals surface area contributed by atoms with Crippen molar-refractivity contribution in [3.63, 3.8) is 0 Å². The van der Waals surface area contributed by atoms with Gasteiger partial charge in [-0.1, -0.05) is 26.0 Å². The summed E-state index contributed by atoms with van der Waals surface area (Å²) in [6.45, 7) is 3.12. The lowest BCUT2D eigenvalue weighted by Gasteiger charge is -2.24. The van der Waals surface area contributed by atoms with Gasteiger partial charge >= 0.3 is 12.2 Å². The molecule has 2 rings (SSSR count). The third kappa shape index (κ3) is 3.24. The van der Waals surface area contributed by atoms with Crippen LogP contribution in [-0.4, -0.2) is 34.0 Å². The first-order chi connectivity index (χ1) is 11.1. The van der Waals surface area contributed by atoms with Crippen LogP contribution in [0.15, 0.2) is 24.3 Å². The van der Waals surface area contributed by atoms with E-state index in [9.17, 15) is 27.9 Å². The third-order valence-electron chi connectivity index (χ3n) is 4.41. The molecule has 132 valence electrons. The summed E-state index contributed by atoms with van der Waals surface area (Å²) in [7, 11) is 0. The van der Waals surface area contributed by atoms with Crippen LogP contribution in [0.4, 0.5) is 18.0 Å². The van der Waals surface area contributed by atoms with Gasteiger partial charge in [-0.25, -0.2) is 4.79 Å². The lowest BCUT2D eigenvalue weighted by atomic mass is 9.93. The molecule has 1 fully saturated rings. The largest absolute Gasteiger partial charge is 0.416 e. The highest BCUT2D eigenvalue weighted by Gasteiger charge is 2.49. The van der Waals surface area contributed by atoms with Gasteiger partial charge in [-0.3, -0.25) is 9.69 Å². The zero-order valence-electron chi connectivity index (χ0n) is 13.4. The van der Waals surface area contributed by atoms with Crippen molar-refractivity contribution < 1.29 is 27.9 Å². The van der Waals surface area contributed by atoms with Crippen molar-refractivity contribution in [1.29, 1.82) is 0 Å². The Kier molecular flexibility index (Phi) is 4.89. The minimum Gasteiger partial charge on any atom is -0.387 e. The Balaban J connectivity index is 2.20. The number of β-amino-alcohol motifs (C(OH)–C–C–N with tert-alkyl or cyclic N) is 1. The van der Waals surface area contributed by atoms with Crippen LogP contribution in [0.3, 0.4) is 0 Å². The zero-order chi connectivity index (χ0) is 18.1. The second-order valence-corrected chi connectivity index (χ2v) is 5.77. The molecular formula is C16H19F3N2O3. The number of nitrogens with zero attached hydrogens (tertiary/aromatic N) is 1. The number of hydrogen-bond acceptors (Lipinski definition) is 3. The van der Waals surface area contributed by atoms with Gasteiger partial charge in [-0.15, -0.1) is 0 Å². The van der Waals surface area contributed by atoms with Crippen molar-refractivity contribution in [3.8, 4) is 0 Å². The van der Waals surface area contributed by atoms with E-state index in [-0.39, 0.29) is 5.56 Å². The van der Waals surface area contributed by atoms with Crippen molar-refractivity contribution in [2.24, 2.45) is 0 Å². The van der Waals surface area contributed by atoms with Gasteiger partial charge in [0.2, 0.25) is 0 Å². The van der Waals surface area contributed by atoms with Crippen LogP contribution in [0.5, 0.6) is 0 Å². The van der Waals surface area contributed by atoms with Gasteiger partial charge in [0.15, 0.2) is 0 Å². The summed E-state index contributed by atoms with van der Waals surface area (Å²) in [4.78, 5) is 25.3. The molecule has 0 radical (unpaired) electrons.